The number of anilines is 2. The van der Waals surface area contributed by atoms with E-state index in [0.29, 0.717) is 55.9 Å². The van der Waals surface area contributed by atoms with Crippen LogP contribution in [0.5, 0.6) is 0 Å². The molecule has 2 aromatic heterocycles. The highest BCUT2D eigenvalue weighted by atomic mass is 35.5. The van der Waals surface area contributed by atoms with Crippen LogP contribution >= 0.6 is 11.6 Å². The fraction of sp³-hybridized carbons (Fsp3) is 0.423. The lowest BCUT2D eigenvalue weighted by molar-refractivity contribution is -0.129. The SMILES string of the molecule is CC(=O)N1CCN(c2nc3c(c(N(C)Cc4cc5cc(Cl)ccc5cn4)n2)CN(C(C)C)C3=O)CC1. The molecule has 36 heavy (non-hydrogen) atoms. The molecule has 0 unspecified atom stereocenters. The van der Waals surface area contributed by atoms with E-state index in [4.69, 9.17) is 21.6 Å². The smallest absolute Gasteiger partial charge is 0.273 e. The van der Waals surface area contributed by atoms with Crippen LogP contribution in [0.25, 0.3) is 10.8 Å². The molecule has 0 spiro atoms. The van der Waals surface area contributed by atoms with E-state index in [2.05, 4.69) is 9.88 Å². The average Bonchev–Trinajstić information content (AvgIpc) is 3.20. The molecule has 5 rings (SSSR count). The number of pyridine rings is 1. The van der Waals surface area contributed by atoms with Gasteiger partial charge in [-0.05, 0) is 37.4 Å². The molecule has 0 bridgehead atoms. The number of halogens is 1. The number of carbonyl (C=O) groups excluding carboxylic acids is 2. The molecule has 0 radical (unpaired) electrons. The highest BCUT2D eigenvalue weighted by molar-refractivity contribution is 6.31. The first kappa shape index (κ1) is 24.2. The Kier molecular flexibility index (Phi) is 6.42. The second-order valence-electron chi connectivity index (χ2n) is 9.72. The zero-order valence-electron chi connectivity index (χ0n) is 21.0. The molecule has 0 saturated carbocycles. The third-order valence-corrected chi connectivity index (χ3v) is 7.13. The van der Waals surface area contributed by atoms with Crippen LogP contribution < -0.4 is 9.80 Å². The zero-order valence-corrected chi connectivity index (χ0v) is 21.8. The monoisotopic (exact) mass is 507 g/mol. The first-order chi connectivity index (χ1) is 17.2. The van der Waals surface area contributed by atoms with Crippen LogP contribution in [0.1, 0.15) is 42.5 Å². The Morgan fingerprint density at radius 3 is 2.56 bits per heavy atom. The van der Waals surface area contributed by atoms with Crippen molar-refractivity contribution in [3.05, 3.63) is 52.4 Å². The van der Waals surface area contributed by atoms with Gasteiger partial charge in [-0.2, -0.15) is 4.98 Å². The van der Waals surface area contributed by atoms with Crippen molar-refractivity contribution >= 4 is 46.0 Å². The minimum absolute atomic E-state index is 0.0549. The number of rotatable bonds is 5. The summed E-state index contributed by atoms with van der Waals surface area (Å²) in [5.74, 6) is 1.25. The molecule has 10 heteroatoms. The lowest BCUT2D eigenvalue weighted by atomic mass is 10.1. The van der Waals surface area contributed by atoms with Crippen molar-refractivity contribution in [2.24, 2.45) is 0 Å². The topological polar surface area (TPSA) is 85.8 Å². The fourth-order valence-electron chi connectivity index (χ4n) is 4.82. The lowest BCUT2D eigenvalue weighted by Gasteiger charge is -2.34. The van der Waals surface area contributed by atoms with Crippen LogP contribution in [-0.4, -0.2) is 75.8 Å². The molecule has 2 amide bonds. The van der Waals surface area contributed by atoms with Gasteiger partial charge in [0.15, 0.2) is 0 Å². The van der Waals surface area contributed by atoms with Crippen molar-refractivity contribution in [1.82, 2.24) is 24.8 Å². The highest BCUT2D eigenvalue weighted by Gasteiger charge is 2.36. The number of hydrogen-bond donors (Lipinski definition) is 0. The number of aromatic nitrogens is 3. The van der Waals surface area contributed by atoms with Gasteiger partial charge in [0.05, 0.1) is 18.8 Å². The Hall–Kier alpha value is -3.46. The van der Waals surface area contributed by atoms with Gasteiger partial charge in [-0.25, -0.2) is 4.98 Å². The van der Waals surface area contributed by atoms with Crippen LogP contribution in [0, 0.1) is 0 Å². The minimum Gasteiger partial charge on any atom is -0.353 e. The van der Waals surface area contributed by atoms with Crippen molar-refractivity contribution in [1.29, 1.82) is 0 Å². The Balaban J connectivity index is 1.48. The number of benzene rings is 1. The van der Waals surface area contributed by atoms with Gasteiger partial charge < -0.3 is 19.6 Å². The average molecular weight is 508 g/mol. The van der Waals surface area contributed by atoms with E-state index >= 15 is 0 Å². The largest absolute Gasteiger partial charge is 0.353 e. The van der Waals surface area contributed by atoms with Gasteiger partial charge in [0, 0.05) is 68.4 Å². The summed E-state index contributed by atoms with van der Waals surface area (Å²) in [4.78, 5) is 47.0. The van der Waals surface area contributed by atoms with Crippen LogP contribution in [0.15, 0.2) is 30.5 Å². The van der Waals surface area contributed by atoms with Crippen molar-refractivity contribution in [3.63, 3.8) is 0 Å². The Bertz CT molecular complexity index is 1340. The van der Waals surface area contributed by atoms with E-state index in [1.54, 1.807) is 6.92 Å². The first-order valence-corrected chi connectivity index (χ1v) is 12.6. The number of carbonyl (C=O) groups is 2. The van der Waals surface area contributed by atoms with E-state index < -0.39 is 0 Å². The summed E-state index contributed by atoms with van der Waals surface area (Å²) >= 11 is 6.20. The summed E-state index contributed by atoms with van der Waals surface area (Å²) in [7, 11) is 1.96. The van der Waals surface area contributed by atoms with Gasteiger partial charge in [-0.1, -0.05) is 17.7 Å². The third kappa shape index (κ3) is 4.55. The molecule has 1 fully saturated rings. The quantitative estimate of drug-likeness (QED) is 0.523. The van der Waals surface area contributed by atoms with Crippen molar-refractivity contribution in [3.8, 4) is 0 Å². The maximum Gasteiger partial charge on any atom is 0.273 e. The van der Waals surface area contributed by atoms with Crippen molar-refractivity contribution in [2.75, 3.05) is 43.0 Å². The lowest BCUT2D eigenvalue weighted by Crippen LogP contribution is -2.48. The number of piperazine rings is 1. The molecule has 1 aromatic carbocycles. The van der Waals surface area contributed by atoms with Crippen LogP contribution in [0.4, 0.5) is 11.8 Å². The van der Waals surface area contributed by atoms with Crippen LogP contribution in [-0.2, 0) is 17.9 Å². The zero-order chi connectivity index (χ0) is 25.6. The molecular weight excluding hydrogens is 478 g/mol. The normalized spacial score (nSPS) is 15.7. The maximum atomic E-state index is 13.2. The predicted octanol–water partition coefficient (Wildman–Crippen LogP) is 3.35. The van der Waals surface area contributed by atoms with Crippen LogP contribution in [0.3, 0.4) is 0 Å². The standard InChI is InChI=1S/C26H30ClN7O2/c1-16(2)34-15-22-23(25(34)36)29-26(33-9-7-32(8-10-33)17(3)35)30-24(22)31(4)14-21-12-19-11-20(27)6-5-18(19)13-28-21/h5-6,11-13,16H,7-10,14-15H2,1-4H3. The van der Waals surface area contributed by atoms with Gasteiger partial charge >= 0.3 is 0 Å². The summed E-state index contributed by atoms with van der Waals surface area (Å²) in [5, 5.41) is 2.74. The van der Waals surface area contributed by atoms with Gasteiger partial charge in [0.1, 0.15) is 11.5 Å². The molecule has 0 atom stereocenters. The molecular formula is C26H30ClN7O2. The fourth-order valence-corrected chi connectivity index (χ4v) is 5.00. The summed E-state index contributed by atoms with van der Waals surface area (Å²) in [6, 6.07) is 7.84. The summed E-state index contributed by atoms with van der Waals surface area (Å²) in [6.45, 7) is 9.05. The van der Waals surface area contributed by atoms with Crippen molar-refractivity contribution < 1.29 is 9.59 Å². The molecule has 4 heterocycles. The molecule has 0 aliphatic carbocycles. The predicted molar refractivity (Wildman–Crippen MR) is 140 cm³/mol. The Morgan fingerprint density at radius 2 is 1.86 bits per heavy atom. The maximum absolute atomic E-state index is 13.2. The summed E-state index contributed by atoms with van der Waals surface area (Å²) in [5.41, 5.74) is 2.18. The first-order valence-electron chi connectivity index (χ1n) is 12.2. The molecule has 3 aromatic rings. The highest BCUT2D eigenvalue weighted by Crippen LogP contribution is 2.33. The second kappa shape index (κ2) is 9.54. The molecule has 188 valence electrons. The van der Waals surface area contributed by atoms with E-state index in [-0.39, 0.29) is 17.9 Å². The Morgan fingerprint density at radius 1 is 1.11 bits per heavy atom. The van der Waals surface area contributed by atoms with Gasteiger partial charge in [0.2, 0.25) is 11.9 Å². The van der Waals surface area contributed by atoms with E-state index in [1.165, 1.54) is 0 Å². The summed E-state index contributed by atoms with van der Waals surface area (Å²) in [6.07, 6.45) is 1.85. The Labute approximate surface area is 215 Å². The summed E-state index contributed by atoms with van der Waals surface area (Å²) < 4.78 is 0. The molecule has 0 N–H and O–H groups in total. The second-order valence-corrected chi connectivity index (χ2v) is 10.2. The number of nitrogens with zero attached hydrogens (tertiary/aromatic N) is 7. The van der Waals surface area contributed by atoms with E-state index in [1.807, 2.05) is 66.1 Å². The van der Waals surface area contributed by atoms with Crippen LogP contribution in [0.2, 0.25) is 5.02 Å². The number of hydrogen-bond acceptors (Lipinski definition) is 7. The molecule has 1 saturated heterocycles. The molecule has 2 aliphatic rings. The molecule has 9 nitrogen and oxygen atoms in total. The van der Waals surface area contributed by atoms with Gasteiger partial charge in [0.25, 0.3) is 5.91 Å². The van der Waals surface area contributed by atoms with E-state index in [9.17, 15) is 9.59 Å². The van der Waals surface area contributed by atoms with Crippen molar-refractivity contribution in [2.45, 2.75) is 39.9 Å². The van der Waals surface area contributed by atoms with Gasteiger partial charge in [-0.3, -0.25) is 14.6 Å². The van der Waals surface area contributed by atoms with Gasteiger partial charge in [-0.15, -0.1) is 0 Å². The minimum atomic E-state index is -0.0702. The molecule has 2 aliphatic heterocycles. The number of fused-ring (bicyclic) bond motifs is 2. The third-order valence-electron chi connectivity index (χ3n) is 6.90. The van der Waals surface area contributed by atoms with E-state index in [0.717, 1.165) is 27.8 Å². The number of amides is 2.